The molecule has 0 aromatic heterocycles. The third-order valence-corrected chi connectivity index (χ3v) is 5.37. The van der Waals surface area contributed by atoms with Gasteiger partial charge in [0.25, 0.3) is 0 Å². The van der Waals surface area contributed by atoms with Crippen molar-refractivity contribution in [3.8, 4) is 0 Å². The second-order valence-electron chi connectivity index (χ2n) is 6.05. The van der Waals surface area contributed by atoms with E-state index in [2.05, 4.69) is 45.0 Å². The van der Waals surface area contributed by atoms with Gasteiger partial charge in [0.05, 0.1) is 6.54 Å². The Hall–Kier alpha value is -0.660. The molecule has 21 heavy (non-hydrogen) atoms. The summed E-state index contributed by atoms with van der Waals surface area (Å²) in [5.74, 6) is 1.55. The molecular weight excluding hydrogens is 377 g/mol. The Morgan fingerprint density at radius 1 is 1.48 bits per heavy atom. The number of nitrogens with one attached hydrogen (secondary N) is 2. The summed E-state index contributed by atoms with van der Waals surface area (Å²) in [7, 11) is 0. The van der Waals surface area contributed by atoms with Crippen LogP contribution in [0.15, 0.2) is 24.3 Å². The van der Waals surface area contributed by atoms with Crippen LogP contribution in [0.1, 0.15) is 13.3 Å². The van der Waals surface area contributed by atoms with E-state index >= 15 is 0 Å². The highest BCUT2D eigenvalue weighted by Gasteiger charge is 2.43. The van der Waals surface area contributed by atoms with Crippen molar-refractivity contribution in [2.24, 2.45) is 11.8 Å². The van der Waals surface area contributed by atoms with E-state index < -0.39 is 0 Å². The lowest BCUT2D eigenvalue weighted by molar-refractivity contribution is -0.117. The molecule has 3 unspecified atom stereocenters. The summed E-state index contributed by atoms with van der Waals surface area (Å²) >= 11 is 2.26. The molecule has 3 atom stereocenters. The number of hydrogen-bond acceptors (Lipinski definition) is 3. The second-order valence-corrected chi connectivity index (χ2v) is 7.29. The Kier molecular flexibility index (Phi) is 4.81. The first-order valence-corrected chi connectivity index (χ1v) is 8.75. The number of carbonyl (C=O) groups excluding carboxylic acids is 1. The second kappa shape index (κ2) is 6.62. The Labute approximate surface area is 139 Å². The molecule has 1 aromatic rings. The van der Waals surface area contributed by atoms with Gasteiger partial charge in [-0.3, -0.25) is 9.69 Å². The molecule has 2 heterocycles. The average Bonchev–Trinajstić information content (AvgIpc) is 2.98. The van der Waals surface area contributed by atoms with Gasteiger partial charge in [-0.25, -0.2) is 0 Å². The quantitative estimate of drug-likeness (QED) is 0.763. The number of hydrogen-bond donors (Lipinski definition) is 2. The van der Waals surface area contributed by atoms with Gasteiger partial charge in [-0.15, -0.1) is 0 Å². The van der Waals surface area contributed by atoms with E-state index in [1.54, 1.807) is 0 Å². The summed E-state index contributed by atoms with van der Waals surface area (Å²) in [4.78, 5) is 14.7. The standard InChI is InChI=1S/C16H22IN3O/c1-2-15-14-8-18-7-11(14)9-20(15)10-16(21)19-13-5-3-4-12(17)6-13/h3-6,11,14-15,18H,2,7-10H2,1H3,(H,19,21). The number of nitrogens with zero attached hydrogens (tertiary/aromatic N) is 1. The third kappa shape index (κ3) is 3.40. The molecule has 5 heteroatoms. The van der Waals surface area contributed by atoms with Crippen LogP contribution in [0.25, 0.3) is 0 Å². The highest BCUT2D eigenvalue weighted by atomic mass is 127. The molecule has 4 nitrogen and oxygen atoms in total. The maximum absolute atomic E-state index is 12.3. The molecule has 2 aliphatic rings. The minimum Gasteiger partial charge on any atom is -0.325 e. The van der Waals surface area contributed by atoms with Crippen LogP contribution in [0.4, 0.5) is 5.69 Å². The van der Waals surface area contributed by atoms with Crippen molar-refractivity contribution in [1.29, 1.82) is 0 Å². The largest absolute Gasteiger partial charge is 0.325 e. The number of carbonyl (C=O) groups is 1. The summed E-state index contributed by atoms with van der Waals surface area (Å²) in [6, 6.07) is 8.49. The van der Waals surface area contributed by atoms with Crippen LogP contribution in [0.2, 0.25) is 0 Å². The highest BCUT2D eigenvalue weighted by Crippen LogP contribution is 2.33. The Morgan fingerprint density at radius 3 is 3.10 bits per heavy atom. The molecule has 114 valence electrons. The zero-order valence-electron chi connectivity index (χ0n) is 12.3. The Balaban J connectivity index is 1.60. The Bertz CT molecular complexity index is 522. The molecule has 0 saturated carbocycles. The van der Waals surface area contributed by atoms with E-state index in [0.717, 1.165) is 47.1 Å². The van der Waals surface area contributed by atoms with E-state index in [1.807, 2.05) is 24.3 Å². The van der Waals surface area contributed by atoms with Crippen molar-refractivity contribution in [2.75, 3.05) is 31.5 Å². The topological polar surface area (TPSA) is 44.4 Å². The molecule has 2 aliphatic heterocycles. The van der Waals surface area contributed by atoms with Crippen molar-refractivity contribution >= 4 is 34.2 Å². The first kappa shape index (κ1) is 15.2. The van der Waals surface area contributed by atoms with Gasteiger partial charge in [-0.05, 0) is 72.1 Å². The molecule has 2 fully saturated rings. The number of fused-ring (bicyclic) bond motifs is 1. The lowest BCUT2D eigenvalue weighted by Gasteiger charge is -2.26. The first-order chi connectivity index (χ1) is 10.2. The van der Waals surface area contributed by atoms with E-state index in [9.17, 15) is 4.79 Å². The summed E-state index contributed by atoms with van der Waals surface area (Å²) < 4.78 is 1.14. The number of benzene rings is 1. The zero-order valence-corrected chi connectivity index (χ0v) is 14.5. The highest BCUT2D eigenvalue weighted by molar-refractivity contribution is 14.1. The van der Waals surface area contributed by atoms with Crippen LogP contribution in [0.5, 0.6) is 0 Å². The SMILES string of the molecule is CCC1C2CNCC2CN1CC(=O)Nc1cccc(I)c1. The van der Waals surface area contributed by atoms with Crippen molar-refractivity contribution in [3.63, 3.8) is 0 Å². The molecule has 0 spiro atoms. The number of halogens is 1. The van der Waals surface area contributed by atoms with Crippen LogP contribution in [-0.4, -0.2) is 43.0 Å². The van der Waals surface area contributed by atoms with Crippen LogP contribution in [0, 0.1) is 15.4 Å². The van der Waals surface area contributed by atoms with Gasteiger partial charge in [-0.1, -0.05) is 13.0 Å². The van der Waals surface area contributed by atoms with Gasteiger partial charge in [-0.2, -0.15) is 0 Å². The monoisotopic (exact) mass is 399 g/mol. The van der Waals surface area contributed by atoms with Crippen molar-refractivity contribution < 1.29 is 4.79 Å². The van der Waals surface area contributed by atoms with E-state index in [0.29, 0.717) is 12.6 Å². The van der Waals surface area contributed by atoms with Crippen LogP contribution in [0.3, 0.4) is 0 Å². The summed E-state index contributed by atoms with van der Waals surface area (Å²) in [6.45, 7) is 6.01. The minimum atomic E-state index is 0.100. The fourth-order valence-electron chi connectivity index (χ4n) is 3.80. The molecular formula is C16H22IN3O. The average molecular weight is 399 g/mol. The van der Waals surface area contributed by atoms with Crippen molar-refractivity contribution in [1.82, 2.24) is 10.2 Å². The fourth-order valence-corrected chi connectivity index (χ4v) is 4.35. The van der Waals surface area contributed by atoms with Gasteiger partial charge in [0.1, 0.15) is 0 Å². The fraction of sp³-hybridized carbons (Fsp3) is 0.562. The molecule has 2 saturated heterocycles. The molecule has 0 bridgehead atoms. The number of anilines is 1. The number of likely N-dealkylation sites (tertiary alicyclic amines) is 1. The minimum absolute atomic E-state index is 0.100. The van der Waals surface area contributed by atoms with E-state index in [-0.39, 0.29) is 5.91 Å². The first-order valence-electron chi connectivity index (χ1n) is 7.67. The van der Waals surface area contributed by atoms with E-state index in [4.69, 9.17) is 0 Å². The summed E-state index contributed by atoms with van der Waals surface area (Å²) in [6.07, 6.45) is 1.12. The van der Waals surface area contributed by atoms with Crippen LogP contribution < -0.4 is 10.6 Å². The summed E-state index contributed by atoms with van der Waals surface area (Å²) in [5, 5.41) is 6.50. The lowest BCUT2D eigenvalue weighted by atomic mass is 9.93. The van der Waals surface area contributed by atoms with Gasteiger partial charge < -0.3 is 10.6 Å². The third-order valence-electron chi connectivity index (χ3n) is 4.70. The molecule has 3 rings (SSSR count). The zero-order chi connectivity index (χ0) is 14.8. The van der Waals surface area contributed by atoms with Gasteiger partial charge in [0, 0.05) is 21.8 Å². The van der Waals surface area contributed by atoms with Crippen molar-refractivity contribution in [2.45, 2.75) is 19.4 Å². The molecule has 1 aromatic carbocycles. The van der Waals surface area contributed by atoms with Crippen molar-refractivity contribution in [3.05, 3.63) is 27.8 Å². The van der Waals surface area contributed by atoms with Gasteiger partial charge in [0.15, 0.2) is 0 Å². The van der Waals surface area contributed by atoms with Gasteiger partial charge in [0.2, 0.25) is 5.91 Å². The molecule has 0 aliphatic carbocycles. The van der Waals surface area contributed by atoms with Crippen LogP contribution in [-0.2, 0) is 4.79 Å². The molecule has 0 radical (unpaired) electrons. The van der Waals surface area contributed by atoms with Crippen LogP contribution >= 0.6 is 22.6 Å². The normalized spacial score (nSPS) is 28.6. The maximum Gasteiger partial charge on any atom is 0.238 e. The predicted molar refractivity (Wildman–Crippen MR) is 93.3 cm³/mol. The lowest BCUT2D eigenvalue weighted by Crippen LogP contribution is -2.40. The van der Waals surface area contributed by atoms with Gasteiger partial charge >= 0.3 is 0 Å². The number of amides is 1. The predicted octanol–water partition coefficient (Wildman–Crippen LogP) is 2.16. The smallest absolute Gasteiger partial charge is 0.238 e. The van der Waals surface area contributed by atoms with E-state index in [1.165, 1.54) is 0 Å². The molecule has 1 amide bonds. The molecule has 2 N–H and O–H groups in total. The number of rotatable bonds is 4. The maximum atomic E-state index is 12.3. The summed E-state index contributed by atoms with van der Waals surface area (Å²) in [5.41, 5.74) is 0.890. The Morgan fingerprint density at radius 2 is 2.33 bits per heavy atom.